The van der Waals surface area contributed by atoms with Crippen LogP contribution in [0.5, 0.6) is 11.5 Å². The molecule has 0 aromatic heterocycles. The molecule has 0 amide bonds. The van der Waals surface area contributed by atoms with Crippen molar-refractivity contribution in [1.29, 1.82) is 0 Å². The van der Waals surface area contributed by atoms with Gasteiger partial charge in [0.15, 0.2) is 11.5 Å². The first kappa shape index (κ1) is 10.2. The summed E-state index contributed by atoms with van der Waals surface area (Å²) in [7, 11) is 2.61. The standard InChI is InChI=1S/C9H8FNO3/c1-13-7-4-3-6(11-5-12)9(14-2)8(7)10/h3-4H,1-2H3. The Hall–Kier alpha value is -1.87. The lowest BCUT2D eigenvalue weighted by molar-refractivity contribution is 0.351. The van der Waals surface area contributed by atoms with Gasteiger partial charge in [-0.25, -0.2) is 4.79 Å². The van der Waals surface area contributed by atoms with E-state index < -0.39 is 5.82 Å². The molecule has 74 valence electrons. The lowest BCUT2D eigenvalue weighted by Crippen LogP contribution is -1.93. The summed E-state index contributed by atoms with van der Waals surface area (Å²) in [5.41, 5.74) is 0.0841. The number of benzene rings is 1. The molecule has 14 heavy (non-hydrogen) atoms. The van der Waals surface area contributed by atoms with Crippen molar-refractivity contribution in [1.82, 2.24) is 0 Å². The van der Waals surface area contributed by atoms with Crippen molar-refractivity contribution in [2.75, 3.05) is 14.2 Å². The van der Waals surface area contributed by atoms with E-state index in [1.807, 2.05) is 0 Å². The molecular weight excluding hydrogens is 189 g/mol. The zero-order valence-corrected chi connectivity index (χ0v) is 7.70. The molecule has 5 heteroatoms. The maximum Gasteiger partial charge on any atom is 0.240 e. The van der Waals surface area contributed by atoms with Crippen LogP contribution in [0.4, 0.5) is 10.1 Å². The number of rotatable bonds is 3. The van der Waals surface area contributed by atoms with E-state index in [9.17, 15) is 9.18 Å². The summed E-state index contributed by atoms with van der Waals surface area (Å²) in [6, 6.07) is 2.76. The topological polar surface area (TPSA) is 47.9 Å². The number of hydrogen-bond donors (Lipinski definition) is 0. The number of nitrogens with zero attached hydrogens (tertiary/aromatic N) is 1. The number of isocyanates is 1. The van der Waals surface area contributed by atoms with Crippen LogP contribution in [0.25, 0.3) is 0 Å². The summed E-state index contributed by atoms with van der Waals surface area (Å²) in [5, 5.41) is 0. The predicted octanol–water partition coefficient (Wildman–Crippen LogP) is 1.81. The molecular formula is C9H8FNO3. The number of halogens is 1. The molecule has 0 saturated carbocycles. The normalized spacial score (nSPS) is 9.07. The Morgan fingerprint density at radius 1 is 1.36 bits per heavy atom. The number of hydrogen-bond acceptors (Lipinski definition) is 4. The third-order valence-corrected chi connectivity index (χ3v) is 1.63. The zero-order chi connectivity index (χ0) is 10.6. The van der Waals surface area contributed by atoms with Crippen molar-refractivity contribution < 1.29 is 18.7 Å². The Morgan fingerprint density at radius 3 is 2.57 bits per heavy atom. The molecule has 1 aromatic carbocycles. The number of aliphatic imine (C=N–C) groups is 1. The highest BCUT2D eigenvalue weighted by Gasteiger charge is 2.13. The fourth-order valence-electron chi connectivity index (χ4n) is 1.02. The first-order valence-electron chi connectivity index (χ1n) is 3.73. The van der Waals surface area contributed by atoms with Crippen LogP contribution in [-0.2, 0) is 4.79 Å². The number of ether oxygens (including phenoxy) is 2. The van der Waals surface area contributed by atoms with Gasteiger partial charge in [-0.1, -0.05) is 0 Å². The molecule has 0 bridgehead atoms. The maximum atomic E-state index is 13.4. The maximum absolute atomic E-state index is 13.4. The minimum absolute atomic E-state index is 0.0340. The molecule has 0 aliphatic carbocycles. The van der Waals surface area contributed by atoms with E-state index in [4.69, 9.17) is 9.47 Å². The van der Waals surface area contributed by atoms with Crippen molar-refractivity contribution in [3.63, 3.8) is 0 Å². The Balaban J connectivity index is 3.35. The quantitative estimate of drug-likeness (QED) is 0.548. The largest absolute Gasteiger partial charge is 0.494 e. The molecule has 0 aliphatic heterocycles. The van der Waals surface area contributed by atoms with Crippen LogP contribution in [0.1, 0.15) is 0 Å². The first-order valence-corrected chi connectivity index (χ1v) is 3.73. The van der Waals surface area contributed by atoms with Crippen molar-refractivity contribution in [3.8, 4) is 11.5 Å². The molecule has 0 fully saturated rings. The zero-order valence-electron chi connectivity index (χ0n) is 7.70. The molecule has 0 spiro atoms. The number of methoxy groups -OCH3 is 2. The second-order valence-corrected chi connectivity index (χ2v) is 2.34. The Labute approximate surface area is 80.0 Å². The Morgan fingerprint density at radius 2 is 2.07 bits per heavy atom. The molecule has 1 aromatic rings. The van der Waals surface area contributed by atoms with Gasteiger partial charge in [-0.05, 0) is 12.1 Å². The van der Waals surface area contributed by atoms with Gasteiger partial charge < -0.3 is 9.47 Å². The average molecular weight is 197 g/mol. The first-order chi connectivity index (χ1) is 6.74. The van der Waals surface area contributed by atoms with Crippen LogP contribution < -0.4 is 9.47 Å². The van der Waals surface area contributed by atoms with Gasteiger partial charge in [0.1, 0.15) is 5.69 Å². The predicted molar refractivity (Wildman–Crippen MR) is 47.3 cm³/mol. The van der Waals surface area contributed by atoms with Crippen LogP contribution in [0.2, 0.25) is 0 Å². The average Bonchev–Trinajstić information content (AvgIpc) is 2.19. The summed E-state index contributed by atoms with van der Waals surface area (Å²) < 4.78 is 22.9. The highest BCUT2D eigenvalue weighted by Crippen LogP contribution is 2.35. The minimum atomic E-state index is -0.688. The number of carbonyl (C=O) groups excluding carboxylic acids is 1. The van der Waals surface area contributed by atoms with Crippen LogP contribution in [0, 0.1) is 5.82 Å². The van der Waals surface area contributed by atoms with Gasteiger partial charge in [-0.15, -0.1) is 0 Å². The Bertz CT molecular complexity index is 386. The third-order valence-electron chi connectivity index (χ3n) is 1.63. The van der Waals surface area contributed by atoms with Gasteiger partial charge in [0.2, 0.25) is 11.9 Å². The van der Waals surface area contributed by atoms with Gasteiger partial charge in [-0.3, -0.25) is 0 Å². The van der Waals surface area contributed by atoms with Gasteiger partial charge in [0.05, 0.1) is 14.2 Å². The highest BCUT2D eigenvalue weighted by molar-refractivity contribution is 5.60. The van der Waals surface area contributed by atoms with E-state index >= 15 is 0 Å². The molecule has 0 unspecified atom stereocenters. The molecule has 1 rings (SSSR count). The SMILES string of the molecule is COc1ccc(N=C=O)c(OC)c1F. The van der Waals surface area contributed by atoms with E-state index in [1.165, 1.54) is 32.4 Å². The summed E-state index contributed by atoms with van der Waals surface area (Å²) in [6.45, 7) is 0. The Kier molecular flexibility index (Phi) is 3.20. The summed E-state index contributed by atoms with van der Waals surface area (Å²) in [4.78, 5) is 13.3. The summed E-state index contributed by atoms with van der Waals surface area (Å²) in [6.07, 6.45) is 1.31. The second-order valence-electron chi connectivity index (χ2n) is 2.34. The van der Waals surface area contributed by atoms with E-state index in [2.05, 4.69) is 4.99 Å². The van der Waals surface area contributed by atoms with Gasteiger partial charge in [-0.2, -0.15) is 9.38 Å². The molecule has 0 N–H and O–H groups in total. The summed E-state index contributed by atoms with van der Waals surface area (Å²) >= 11 is 0. The minimum Gasteiger partial charge on any atom is -0.494 e. The molecule has 0 saturated heterocycles. The van der Waals surface area contributed by atoms with Crippen LogP contribution >= 0.6 is 0 Å². The van der Waals surface area contributed by atoms with E-state index in [1.54, 1.807) is 0 Å². The van der Waals surface area contributed by atoms with Crippen LogP contribution in [0.15, 0.2) is 17.1 Å². The van der Waals surface area contributed by atoms with Crippen molar-refractivity contribution >= 4 is 11.8 Å². The molecule has 0 radical (unpaired) electrons. The molecule has 0 heterocycles. The second kappa shape index (κ2) is 4.39. The van der Waals surface area contributed by atoms with Gasteiger partial charge >= 0.3 is 0 Å². The van der Waals surface area contributed by atoms with Gasteiger partial charge in [0, 0.05) is 0 Å². The molecule has 0 atom stereocenters. The van der Waals surface area contributed by atoms with E-state index in [-0.39, 0.29) is 17.2 Å². The van der Waals surface area contributed by atoms with Crippen LogP contribution in [0.3, 0.4) is 0 Å². The monoisotopic (exact) mass is 197 g/mol. The fraction of sp³-hybridized carbons (Fsp3) is 0.222. The van der Waals surface area contributed by atoms with Crippen molar-refractivity contribution in [2.45, 2.75) is 0 Å². The molecule has 0 aliphatic rings. The third kappa shape index (κ3) is 1.72. The lowest BCUT2D eigenvalue weighted by atomic mass is 10.2. The highest BCUT2D eigenvalue weighted by atomic mass is 19.1. The fourth-order valence-corrected chi connectivity index (χ4v) is 1.02. The van der Waals surface area contributed by atoms with Crippen molar-refractivity contribution in [2.24, 2.45) is 4.99 Å². The molecule has 4 nitrogen and oxygen atoms in total. The van der Waals surface area contributed by atoms with Crippen LogP contribution in [-0.4, -0.2) is 20.3 Å². The smallest absolute Gasteiger partial charge is 0.240 e. The lowest BCUT2D eigenvalue weighted by Gasteiger charge is -2.07. The van der Waals surface area contributed by atoms with Crippen molar-refractivity contribution in [3.05, 3.63) is 17.9 Å². The summed E-state index contributed by atoms with van der Waals surface area (Å²) in [5.74, 6) is -0.786. The van der Waals surface area contributed by atoms with Gasteiger partial charge in [0.25, 0.3) is 0 Å². The van der Waals surface area contributed by atoms with E-state index in [0.717, 1.165) is 0 Å². The van der Waals surface area contributed by atoms with E-state index in [0.29, 0.717) is 0 Å².